The van der Waals surface area contributed by atoms with E-state index in [1.807, 2.05) is 30.3 Å². The topological polar surface area (TPSA) is 85.3 Å². The Labute approximate surface area is 122 Å². The van der Waals surface area contributed by atoms with Gasteiger partial charge in [-0.25, -0.2) is 0 Å². The lowest BCUT2D eigenvalue weighted by atomic mass is 10.1. The first-order chi connectivity index (χ1) is 10.1. The number of nitrogens with two attached hydrogens (primary N) is 1. The van der Waals surface area contributed by atoms with Gasteiger partial charge in [-0.05, 0) is 23.8 Å². The predicted octanol–water partition coefficient (Wildman–Crippen LogP) is 1.51. The van der Waals surface area contributed by atoms with Crippen LogP contribution >= 0.6 is 0 Å². The molecule has 3 N–H and O–H groups in total. The first-order valence-electron chi connectivity index (χ1n) is 6.50. The standard InChI is InChI=1S/C16H16N2O3/c17-16(20)14(11-12-5-2-1-3-6-12)18-15(19)9-8-13-7-4-10-21-13/h1-10,14H,11H2,(H2,17,20)(H,18,19)/b9-8-/t14-/m1/s1. The molecule has 0 aliphatic carbocycles. The van der Waals surface area contributed by atoms with E-state index >= 15 is 0 Å². The lowest BCUT2D eigenvalue weighted by Crippen LogP contribution is -2.45. The van der Waals surface area contributed by atoms with Gasteiger partial charge in [-0.15, -0.1) is 0 Å². The van der Waals surface area contributed by atoms with Crippen LogP contribution in [-0.4, -0.2) is 17.9 Å². The maximum atomic E-state index is 11.8. The number of carbonyl (C=O) groups is 2. The van der Waals surface area contributed by atoms with Crippen molar-refractivity contribution in [3.8, 4) is 0 Å². The summed E-state index contributed by atoms with van der Waals surface area (Å²) < 4.78 is 5.07. The summed E-state index contributed by atoms with van der Waals surface area (Å²) in [6.07, 6.45) is 4.70. The molecule has 5 heteroatoms. The largest absolute Gasteiger partial charge is 0.465 e. The van der Waals surface area contributed by atoms with E-state index < -0.39 is 17.9 Å². The number of carbonyl (C=O) groups excluding carboxylic acids is 2. The molecular weight excluding hydrogens is 268 g/mol. The molecule has 0 saturated carbocycles. The molecular formula is C16H16N2O3. The van der Waals surface area contributed by atoms with Crippen LogP contribution in [0, 0.1) is 0 Å². The summed E-state index contributed by atoms with van der Waals surface area (Å²) in [5, 5.41) is 2.59. The number of amides is 2. The normalized spacial score (nSPS) is 12.2. The molecule has 1 aromatic heterocycles. The van der Waals surface area contributed by atoms with E-state index in [9.17, 15) is 9.59 Å². The number of furan rings is 1. The third-order valence-corrected chi connectivity index (χ3v) is 2.88. The number of hydrogen-bond donors (Lipinski definition) is 2. The highest BCUT2D eigenvalue weighted by Gasteiger charge is 2.17. The molecule has 1 atom stereocenters. The number of benzene rings is 1. The lowest BCUT2D eigenvalue weighted by Gasteiger charge is -2.14. The van der Waals surface area contributed by atoms with Crippen molar-refractivity contribution in [2.24, 2.45) is 5.73 Å². The van der Waals surface area contributed by atoms with E-state index in [1.54, 1.807) is 12.1 Å². The molecule has 0 aliphatic heterocycles. The van der Waals surface area contributed by atoms with Gasteiger partial charge in [-0.3, -0.25) is 9.59 Å². The SMILES string of the molecule is NC(=O)[C@@H](Cc1ccccc1)NC(=O)/C=C\c1ccco1. The Morgan fingerprint density at radius 3 is 2.57 bits per heavy atom. The van der Waals surface area contributed by atoms with Gasteiger partial charge in [-0.1, -0.05) is 30.3 Å². The average Bonchev–Trinajstić information content (AvgIpc) is 2.99. The maximum Gasteiger partial charge on any atom is 0.244 e. The van der Waals surface area contributed by atoms with Gasteiger partial charge in [0, 0.05) is 12.5 Å². The Kier molecular flexibility index (Phi) is 4.93. The average molecular weight is 284 g/mol. The quantitative estimate of drug-likeness (QED) is 0.788. The number of primary amides is 1. The monoisotopic (exact) mass is 284 g/mol. The molecule has 0 radical (unpaired) electrons. The highest BCUT2D eigenvalue weighted by Crippen LogP contribution is 2.04. The zero-order chi connectivity index (χ0) is 15.1. The van der Waals surface area contributed by atoms with Crippen LogP contribution in [0.15, 0.2) is 59.2 Å². The van der Waals surface area contributed by atoms with Gasteiger partial charge in [0.05, 0.1) is 6.26 Å². The summed E-state index contributed by atoms with van der Waals surface area (Å²) in [6, 6.07) is 12.1. The summed E-state index contributed by atoms with van der Waals surface area (Å²) in [5.41, 5.74) is 6.25. The van der Waals surface area contributed by atoms with Gasteiger partial charge in [0.1, 0.15) is 11.8 Å². The van der Waals surface area contributed by atoms with E-state index in [0.717, 1.165) is 5.56 Å². The van der Waals surface area contributed by atoms with Crippen molar-refractivity contribution in [3.63, 3.8) is 0 Å². The lowest BCUT2D eigenvalue weighted by molar-refractivity contribution is -0.124. The molecule has 108 valence electrons. The Morgan fingerprint density at radius 1 is 1.19 bits per heavy atom. The van der Waals surface area contributed by atoms with Crippen LogP contribution in [0.1, 0.15) is 11.3 Å². The van der Waals surface area contributed by atoms with E-state index in [0.29, 0.717) is 12.2 Å². The smallest absolute Gasteiger partial charge is 0.244 e. The molecule has 5 nitrogen and oxygen atoms in total. The second kappa shape index (κ2) is 7.09. The third kappa shape index (κ3) is 4.65. The second-order valence-electron chi connectivity index (χ2n) is 4.50. The molecule has 0 spiro atoms. The van der Waals surface area contributed by atoms with Crippen LogP contribution in [0.2, 0.25) is 0 Å². The van der Waals surface area contributed by atoms with Crippen LogP contribution in [0.3, 0.4) is 0 Å². The van der Waals surface area contributed by atoms with E-state index in [4.69, 9.17) is 10.2 Å². The van der Waals surface area contributed by atoms with Gasteiger partial charge < -0.3 is 15.5 Å². The first-order valence-corrected chi connectivity index (χ1v) is 6.50. The summed E-state index contributed by atoms with van der Waals surface area (Å²) >= 11 is 0. The second-order valence-corrected chi connectivity index (χ2v) is 4.50. The van der Waals surface area contributed by atoms with E-state index in [-0.39, 0.29) is 0 Å². The molecule has 0 saturated heterocycles. The van der Waals surface area contributed by atoms with Crippen molar-refractivity contribution in [3.05, 3.63) is 66.1 Å². The maximum absolute atomic E-state index is 11.8. The van der Waals surface area contributed by atoms with Crippen LogP contribution in [0.25, 0.3) is 6.08 Å². The van der Waals surface area contributed by atoms with E-state index in [2.05, 4.69) is 5.32 Å². The van der Waals surface area contributed by atoms with Crippen LogP contribution < -0.4 is 11.1 Å². The number of hydrogen-bond acceptors (Lipinski definition) is 3. The van der Waals surface area contributed by atoms with Crippen molar-refractivity contribution >= 4 is 17.9 Å². The predicted molar refractivity (Wildman–Crippen MR) is 79.0 cm³/mol. The summed E-state index contributed by atoms with van der Waals surface area (Å²) in [6.45, 7) is 0. The molecule has 1 aromatic carbocycles. The molecule has 2 aromatic rings. The van der Waals surface area contributed by atoms with Gasteiger partial charge >= 0.3 is 0 Å². The minimum Gasteiger partial charge on any atom is -0.465 e. The molecule has 21 heavy (non-hydrogen) atoms. The van der Waals surface area contributed by atoms with Crippen LogP contribution in [-0.2, 0) is 16.0 Å². The molecule has 0 fully saturated rings. The number of rotatable bonds is 6. The Morgan fingerprint density at radius 2 is 1.95 bits per heavy atom. The molecule has 2 rings (SSSR count). The fourth-order valence-corrected chi connectivity index (χ4v) is 1.84. The highest BCUT2D eigenvalue weighted by molar-refractivity contribution is 5.95. The van der Waals surface area contributed by atoms with Crippen LogP contribution in [0.5, 0.6) is 0 Å². The van der Waals surface area contributed by atoms with Gasteiger partial charge in [-0.2, -0.15) is 0 Å². The van der Waals surface area contributed by atoms with Crippen LogP contribution in [0.4, 0.5) is 0 Å². The van der Waals surface area contributed by atoms with Crippen molar-refractivity contribution in [2.45, 2.75) is 12.5 Å². The van der Waals surface area contributed by atoms with Gasteiger partial charge in [0.25, 0.3) is 0 Å². The Balaban J connectivity index is 1.96. The van der Waals surface area contributed by atoms with Crippen molar-refractivity contribution in [2.75, 3.05) is 0 Å². The van der Waals surface area contributed by atoms with Gasteiger partial charge in [0.15, 0.2) is 0 Å². The van der Waals surface area contributed by atoms with Crippen molar-refractivity contribution < 1.29 is 14.0 Å². The minimum absolute atomic E-state index is 0.358. The molecule has 0 bridgehead atoms. The molecule has 0 aliphatic rings. The van der Waals surface area contributed by atoms with Crippen molar-refractivity contribution in [1.29, 1.82) is 0 Å². The minimum atomic E-state index is -0.749. The summed E-state index contributed by atoms with van der Waals surface area (Å²) in [4.78, 5) is 23.2. The zero-order valence-electron chi connectivity index (χ0n) is 11.4. The van der Waals surface area contributed by atoms with E-state index in [1.165, 1.54) is 18.4 Å². The Hall–Kier alpha value is -2.82. The fourth-order valence-electron chi connectivity index (χ4n) is 1.84. The third-order valence-electron chi connectivity index (χ3n) is 2.88. The first kappa shape index (κ1) is 14.6. The summed E-state index contributed by atoms with van der Waals surface area (Å²) in [7, 11) is 0. The zero-order valence-corrected chi connectivity index (χ0v) is 11.4. The van der Waals surface area contributed by atoms with Crippen molar-refractivity contribution in [1.82, 2.24) is 5.32 Å². The number of nitrogens with one attached hydrogen (secondary N) is 1. The fraction of sp³-hybridized carbons (Fsp3) is 0.125. The Bertz CT molecular complexity index is 618. The highest BCUT2D eigenvalue weighted by atomic mass is 16.3. The molecule has 2 amide bonds. The molecule has 0 unspecified atom stereocenters. The van der Waals surface area contributed by atoms with Gasteiger partial charge in [0.2, 0.25) is 11.8 Å². The summed E-state index contributed by atoms with van der Waals surface area (Å²) in [5.74, 6) is -0.409. The molecule has 1 heterocycles.